The molecule has 2 rings (SSSR count). The highest BCUT2D eigenvalue weighted by molar-refractivity contribution is 5.95. The normalized spacial score (nSPS) is 11.1. The monoisotopic (exact) mass is 275 g/mol. The molecule has 0 saturated heterocycles. The predicted molar refractivity (Wildman–Crippen MR) is 67.7 cm³/mol. The first-order valence-electron chi connectivity index (χ1n) is 5.33. The quantitative estimate of drug-likeness (QED) is 0.282. The van der Waals surface area contributed by atoms with Crippen molar-refractivity contribution in [3.63, 3.8) is 0 Å². The second-order valence-corrected chi connectivity index (χ2v) is 3.57. The molecule has 102 valence electrons. The van der Waals surface area contributed by atoms with Gasteiger partial charge in [-0.05, 0) is 12.1 Å². The molecule has 0 aliphatic rings. The summed E-state index contributed by atoms with van der Waals surface area (Å²) in [5.41, 5.74) is 5.44. The fourth-order valence-corrected chi connectivity index (χ4v) is 1.35. The smallest absolute Gasteiger partial charge is 0.322 e. The third kappa shape index (κ3) is 2.96. The summed E-state index contributed by atoms with van der Waals surface area (Å²) in [7, 11) is 0. The summed E-state index contributed by atoms with van der Waals surface area (Å²) in [6.07, 6.45) is 1.35. The number of aromatic nitrogens is 2. The largest absolute Gasteiger partial charge is 0.424 e. The number of non-ortho nitro benzene ring substituents is 1. The van der Waals surface area contributed by atoms with Crippen molar-refractivity contribution in [1.82, 2.24) is 9.97 Å². The van der Waals surface area contributed by atoms with E-state index in [1.165, 1.54) is 36.5 Å². The Morgan fingerprint density at radius 2 is 2.25 bits per heavy atom. The molecule has 0 aliphatic carbocycles. The minimum atomic E-state index is -0.541. The molecule has 9 heteroatoms. The van der Waals surface area contributed by atoms with E-state index < -0.39 is 4.92 Å². The molecule has 2 aromatic rings. The van der Waals surface area contributed by atoms with E-state index in [-0.39, 0.29) is 29.0 Å². The van der Waals surface area contributed by atoms with Gasteiger partial charge in [-0.2, -0.15) is 4.98 Å². The lowest BCUT2D eigenvalue weighted by Gasteiger charge is -2.04. The van der Waals surface area contributed by atoms with Gasteiger partial charge < -0.3 is 15.7 Å². The van der Waals surface area contributed by atoms with Crippen LogP contribution in [0.5, 0.6) is 11.8 Å². The Hall–Kier alpha value is -3.23. The van der Waals surface area contributed by atoms with Crippen LogP contribution in [0.2, 0.25) is 0 Å². The summed E-state index contributed by atoms with van der Waals surface area (Å²) in [6, 6.07) is 6.91. The molecule has 0 amide bonds. The van der Waals surface area contributed by atoms with Gasteiger partial charge in [-0.15, -0.1) is 0 Å². The summed E-state index contributed by atoms with van der Waals surface area (Å²) in [6.45, 7) is 0. The molecule has 1 aromatic carbocycles. The molecule has 0 saturated carbocycles. The van der Waals surface area contributed by atoms with Crippen LogP contribution >= 0.6 is 0 Å². The number of benzene rings is 1. The number of nitro groups is 1. The lowest BCUT2D eigenvalue weighted by atomic mass is 10.3. The van der Waals surface area contributed by atoms with Gasteiger partial charge in [-0.3, -0.25) is 10.1 Å². The maximum atomic E-state index is 10.6. The molecule has 1 heterocycles. The van der Waals surface area contributed by atoms with Crippen molar-refractivity contribution in [2.75, 3.05) is 0 Å². The molecule has 0 spiro atoms. The molecule has 0 unspecified atom stereocenters. The van der Waals surface area contributed by atoms with Crippen LogP contribution in [0.4, 0.5) is 5.69 Å². The van der Waals surface area contributed by atoms with Gasteiger partial charge in [-0.1, -0.05) is 11.2 Å². The molecule has 0 fully saturated rings. The van der Waals surface area contributed by atoms with Crippen LogP contribution < -0.4 is 10.5 Å². The number of hydrogen-bond donors (Lipinski definition) is 2. The van der Waals surface area contributed by atoms with E-state index in [0.717, 1.165) is 0 Å². The topological polar surface area (TPSA) is 137 Å². The van der Waals surface area contributed by atoms with E-state index in [2.05, 4.69) is 15.1 Å². The Morgan fingerprint density at radius 1 is 1.45 bits per heavy atom. The summed E-state index contributed by atoms with van der Waals surface area (Å²) in [5, 5.41) is 22.0. The van der Waals surface area contributed by atoms with E-state index in [1.807, 2.05) is 0 Å². The Labute approximate surface area is 112 Å². The van der Waals surface area contributed by atoms with E-state index in [1.54, 1.807) is 0 Å². The zero-order valence-corrected chi connectivity index (χ0v) is 10.0. The fourth-order valence-electron chi connectivity index (χ4n) is 1.35. The molecule has 0 atom stereocenters. The maximum absolute atomic E-state index is 10.6. The average Bonchev–Trinajstić information content (AvgIpc) is 2.47. The summed E-state index contributed by atoms with van der Waals surface area (Å²) in [5.74, 6) is 0.00662. The first-order chi connectivity index (χ1) is 9.60. The molecule has 3 N–H and O–H groups in total. The van der Waals surface area contributed by atoms with Crippen molar-refractivity contribution in [2.45, 2.75) is 0 Å². The van der Waals surface area contributed by atoms with Crippen molar-refractivity contribution in [3.05, 3.63) is 52.3 Å². The van der Waals surface area contributed by atoms with E-state index in [0.29, 0.717) is 0 Å². The highest BCUT2D eigenvalue weighted by Crippen LogP contribution is 2.22. The molecular formula is C11H9N5O4. The van der Waals surface area contributed by atoms with Gasteiger partial charge in [0.1, 0.15) is 11.4 Å². The number of rotatable bonds is 4. The van der Waals surface area contributed by atoms with Gasteiger partial charge in [0.15, 0.2) is 5.84 Å². The second kappa shape index (κ2) is 5.61. The summed E-state index contributed by atoms with van der Waals surface area (Å²) >= 11 is 0. The van der Waals surface area contributed by atoms with Crippen molar-refractivity contribution in [1.29, 1.82) is 0 Å². The Morgan fingerprint density at radius 3 is 2.95 bits per heavy atom. The lowest BCUT2D eigenvalue weighted by molar-refractivity contribution is -0.384. The lowest BCUT2D eigenvalue weighted by Crippen LogP contribution is -2.15. The first-order valence-corrected chi connectivity index (χ1v) is 5.33. The van der Waals surface area contributed by atoms with Crippen molar-refractivity contribution < 1.29 is 14.9 Å². The van der Waals surface area contributed by atoms with Gasteiger partial charge in [0, 0.05) is 12.3 Å². The fraction of sp³-hybridized carbons (Fsp3) is 0. The standard InChI is InChI=1S/C11H9N5O4/c12-10(15-17)9-4-5-13-11(14-9)20-8-3-1-2-7(6-8)16(18)19/h1-6,17H,(H2,12,15). The van der Waals surface area contributed by atoms with Crippen LogP contribution in [0.15, 0.2) is 41.7 Å². The highest BCUT2D eigenvalue weighted by Gasteiger charge is 2.09. The van der Waals surface area contributed by atoms with Crippen LogP contribution in [0.3, 0.4) is 0 Å². The minimum Gasteiger partial charge on any atom is -0.424 e. The molecular weight excluding hydrogens is 266 g/mol. The van der Waals surface area contributed by atoms with E-state index in [9.17, 15) is 10.1 Å². The zero-order chi connectivity index (χ0) is 14.5. The number of amidine groups is 1. The van der Waals surface area contributed by atoms with Crippen LogP contribution in [0, 0.1) is 10.1 Å². The van der Waals surface area contributed by atoms with Gasteiger partial charge >= 0.3 is 6.01 Å². The van der Waals surface area contributed by atoms with Gasteiger partial charge in [-0.25, -0.2) is 4.98 Å². The van der Waals surface area contributed by atoms with Crippen molar-refractivity contribution in [2.24, 2.45) is 10.9 Å². The van der Waals surface area contributed by atoms with Crippen LogP contribution in [-0.4, -0.2) is 25.9 Å². The van der Waals surface area contributed by atoms with Crippen molar-refractivity contribution >= 4 is 11.5 Å². The molecule has 1 aromatic heterocycles. The number of ether oxygens (including phenoxy) is 1. The van der Waals surface area contributed by atoms with Gasteiger partial charge in [0.25, 0.3) is 5.69 Å². The number of oxime groups is 1. The molecule has 0 bridgehead atoms. The van der Waals surface area contributed by atoms with Crippen LogP contribution in [0.1, 0.15) is 5.69 Å². The second-order valence-electron chi connectivity index (χ2n) is 3.57. The van der Waals surface area contributed by atoms with E-state index in [4.69, 9.17) is 15.7 Å². The first kappa shape index (κ1) is 13.2. The molecule has 0 radical (unpaired) electrons. The highest BCUT2D eigenvalue weighted by atomic mass is 16.6. The van der Waals surface area contributed by atoms with Gasteiger partial charge in [0.2, 0.25) is 0 Å². The number of nitrogens with two attached hydrogens (primary N) is 1. The Balaban J connectivity index is 2.26. The van der Waals surface area contributed by atoms with E-state index >= 15 is 0 Å². The average molecular weight is 275 g/mol. The predicted octanol–water partition coefficient (Wildman–Crippen LogP) is 1.27. The molecule has 9 nitrogen and oxygen atoms in total. The Kier molecular flexibility index (Phi) is 3.70. The van der Waals surface area contributed by atoms with Crippen molar-refractivity contribution in [3.8, 4) is 11.8 Å². The number of hydrogen-bond acceptors (Lipinski definition) is 7. The maximum Gasteiger partial charge on any atom is 0.322 e. The minimum absolute atomic E-state index is 0.0744. The SMILES string of the molecule is N/C(=N/O)c1ccnc(Oc2cccc([N+](=O)[O-])c2)n1. The van der Waals surface area contributed by atoms with Gasteiger partial charge in [0.05, 0.1) is 11.0 Å². The molecule has 0 aliphatic heterocycles. The zero-order valence-electron chi connectivity index (χ0n) is 10.0. The number of nitro benzene ring substituents is 1. The third-order valence-electron chi connectivity index (χ3n) is 2.24. The number of nitrogens with zero attached hydrogens (tertiary/aromatic N) is 4. The van der Waals surface area contributed by atoms with Crippen LogP contribution in [0.25, 0.3) is 0 Å². The summed E-state index contributed by atoms with van der Waals surface area (Å²) < 4.78 is 5.29. The molecule has 20 heavy (non-hydrogen) atoms. The third-order valence-corrected chi connectivity index (χ3v) is 2.24. The van der Waals surface area contributed by atoms with Crippen LogP contribution in [-0.2, 0) is 0 Å². The Bertz CT molecular complexity index is 673. The summed E-state index contributed by atoms with van der Waals surface area (Å²) in [4.78, 5) is 17.8.